The standard InChI is InChI=1S/C18H18F2N4O3S/c1-10-16(21)24-18(2,9-28(10,26)27)13-7-12(4-5-14(13)20)23-17(25)15-6-3-11(19)8-22-15/h3-8,10H,9H2,1-2H3,(H2,21,24)(H,23,25). The molecule has 28 heavy (non-hydrogen) atoms. The van der Waals surface area contributed by atoms with Gasteiger partial charge >= 0.3 is 0 Å². The van der Waals surface area contributed by atoms with Gasteiger partial charge in [-0.3, -0.25) is 9.79 Å². The van der Waals surface area contributed by atoms with Gasteiger partial charge in [0, 0.05) is 11.3 Å². The van der Waals surface area contributed by atoms with E-state index in [1.165, 1.54) is 32.0 Å². The molecule has 0 spiro atoms. The van der Waals surface area contributed by atoms with E-state index in [0.717, 1.165) is 18.3 Å². The number of pyridine rings is 1. The molecule has 148 valence electrons. The maximum atomic E-state index is 14.5. The number of anilines is 1. The summed E-state index contributed by atoms with van der Waals surface area (Å²) in [5.41, 5.74) is 4.48. The molecule has 0 fully saturated rings. The van der Waals surface area contributed by atoms with E-state index in [1.807, 2.05) is 0 Å². The molecule has 0 radical (unpaired) electrons. The number of nitrogens with one attached hydrogen (secondary N) is 1. The topological polar surface area (TPSA) is 115 Å². The lowest BCUT2D eigenvalue weighted by Crippen LogP contribution is -2.47. The van der Waals surface area contributed by atoms with Gasteiger partial charge in [0.05, 0.1) is 11.9 Å². The molecule has 3 N–H and O–H groups in total. The molecule has 1 aliphatic heterocycles. The quantitative estimate of drug-likeness (QED) is 0.806. The number of sulfone groups is 1. The number of aromatic nitrogens is 1. The van der Waals surface area contributed by atoms with Gasteiger partial charge in [-0.2, -0.15) is 0 Å². The van der Waals surface area contributed by atoms with E-state index in [1.54, 1.807) is 0 Å². The smallest absolute Gasteiger partial charge is 0.274 e. The molecule has 1 aromatic heterocycles. The zero-order chi connectivity index (χ0) is 20.7. The third-order valence-electron chi connectivity index (χ3n) is 4.58. The van der Waals surface area contributed by atoms with Gasteiger partial charge in [-0.1, -0.05) is 0 Å². The van der Waals surface area contributed by atoms with Crippen molar-refractivity contribution in [3.05, 3.63) is 59.4 Å². The highest BCUT2D eigenvalue weighted by Crippen LogP contribution is 2.35. The molecular weight excluding hydrogens is 390 g/mol. The number of carbonyl (C=O) groups excluding carboxylic acids is 1. The van der Waals surface area contributed by atoms with Gasteiger partial charge in [0.25, 0.3) is 5.91 Å². The molecule has 0 bridgehead atoms. The van der Waals surface area contributed by atoms with Crippen molar-refractivity contribution in [2.24, 2.45) is 10.7 Å². The summed E-state index contributed by atoms with van der Waals surface area (Å²) < 4.78 is 52.2. The minimum Gasteiger partial charge on any atom is -0.386 e. The van der Waals surface area contributed by atoms with Crippen molar-refractivity contribution in [1.82, 2.24) is 4.98 Å². The fraction of sp³-hybridized carbons (Fsp3) is 0.278. The lowest BCUT2D eigenvalue weighted by Gasteiger charge is -2.33. The summed E-state index contributed by atoms with van der Waals surface area (Å²) in [4.78, 5) is 20.1. The van der Waals surface area contributed by atoms with Crippen LogP contribution in [0.15, 0.2) is 41.5 Å². The van der Waals surface area contributed by atoms with Crippen LogP contribution in [0.1, 0.15) is 29.9 Å². The third kappa shape index (κ3) is 3.72. The molecule has 7 nitrogen and oxygen atoms in total. The van der Waals surface area contributed by atoms with Crippen molar-refractivity contribution in [3.8, 4) is 0 Å². The molecule has 2 unspecified atom stereocenters. The van der Waals surface area contributed by atoms with Crippen LogP contribution in [0, 0.1) is 11.6 Å². The van der Waals surface area contributed by atoms with Gasteiger partial charge in [-0.15, -0.1) is 0 Å². The number of benzene rings is 1. The molecule has 0 aliphatic carbocycles. The average Bonchev–Trinajstić information content (AvgIpc) is 2.61. The Morgan fingerprint density at radius 2 is 2.00 bits per heavy atom. The summed E-state index contributed by atoms with van der Waals surface area (Å²) in [7, 11) is -3.62. The molecule has 10 heteroatoms. The Labute approximate surface area is 160 Å². The minimum absolute atomic E-state index is 0.0178. The first-order valence-electron chi connectivity index (χ1n) is 8.31. The highest BCUT2D eigenvalue weighted by atomic mass is 32.2. The summed E-state index contributed by atoms with van der Waals surface area (Å²) >= 11 is 0. The number of carbonyl (C=O) groups is 1. The molecule has 1 amide bonds. The van der Waals surface area contributed by atoms with Gasteiger partial charge in [-0.25, -0.2) is 22.2 Å². The first kappa shape index (κ1) is 19.9. The van der Waals surface area contributed by atoms with Crippen LogP contribution in [0.2, 0.25) is 0 Å². The SMILES string of the molecule is CC1C(N)=NC(C)(c2cc(NC(=O)c3ccc(F)cn3)ccc2F)CS1(=O)=O. The van der Waals surface area contributed by atoms with Gasteiger partial charge in [0.2, 0.25) is 0 Å². The molecular formula is C18H18F2N4O3S. The fourth-order valence-electron chi connectivity index (χ4n) is 2.97. The second-order valence-corrected chi connectivity index (χ2v) is 9.09. The van der Waals surface area contributed by atoms with Crippen LogP contribution in [-0.4, -0.2) is 36.1 Å². The number of halogens is 2. The lowest BCUT2D eigenvalue weighted by molar-refractivity contribution is 0.102. The van der Waals surface area contributed by atoms with Crippen LogP contribution in [0.25, 0.3) is 0 Å². The Bertz CT molecular complexity index is 1070. The van der Waals surface area contributed by atoms with E-state index in [0.29, 0.717) is 0 Å². The van der Waals surface area contributed by atoms with E-state index < -0.39 is 43.9 Å². The maximum absolute atomic E-state index is 14.5. The summed E-state index contributed by atoms with van der Waals surface area (Å²) in [6.45, 7) is 2.89. The van der Waals surface area contributed by atoms with Crippen molar-refractivity contribution in [3.63, 3.8) is 0 Å². The largest absolute Gasteiger partial charge is 0.386 e. The number of nitrogens with two attached hydrogens (primary N) is 1. The molecule has 1 aliphatic rings. The number of amides is 1. The highest BCUT2D eigenvalue weighted by Gasteiger charge is 2.42. The van der Waals surface area contributed by atoms with Crippen LogP contribution in [0.5, 0.6) is 0 Å². The molecule has 3 rings (SSSR count). The van der Waals surface area contributed by atoms with Crippen LogP contribution < -0.4 is 11.1 Å². The summed E-state index contributed by atoms with van der Waals surface area (Å²) in [6, 6.07) is 6.02. The van der Waals surface area contributed by atoms with Crippen molar-refractivity contribution in [2.45, 2.75) is 24.6 Å². The van der Waals surface area contributed by atoms with E-state index in [2.05, 4.69) is 15.3 Å². The van der Waals surface area contributed by atoms with Gasteiger partial charge in [0.1, 0.15) is 34.0 Å². The number of hydrogen-bond donors (Lipinski definition) is 2. The Morgan fingerprint density at radius 1 is 1.29 bits per heavy atom. The first-order chi connectivity index (χ1) is 13.0. The Morgan fingerprint density at radius 3 is 2.61 bits per heavy atom. The van der Waals surface area contributed by atoms with E-state index in [9.17, 15) is 22.0 Å². The first-order valence-corrected chi connectivity index (χ1v) is 10.0. The number of aliphatic imine (C=N–C) groups is 1. The maximum Gasteiger partial charge on any atom is 0.274 e. The predicted octanol–water partition coefficient (Wildman–Crippen LogP) is 2.00. The van der Waals surface area contributed by atoms with Crippen LogP contribution >= 0.6 is 0 Å². The fourth-order valence-corrected chi connectivity index (χ4v) is 4.64. The number of hydrogen-bond acceptors (Lipinski definition) is 6. The number of rotatable bonds is 3. The van der Waals surface area contributed by atoms with Gasteiger partial charge in [0.15, 0.2) is 9.84 Å². The summed E-state index contributed by atoms with van der Waals surface area (Å²) in [5.74, 6) is -2.41. The molecule has 1 aromatic carbocycles. The molecule has 2 aromatic rings. The second kappa shape index (κ2) is 6.93. The normalized spacial score (nSPS) is 23.7. The molecule has 0 saturated heterocycles. The Hall–Kier alpha value is -2.88. The third-order valence-corrected chi connectivity index (χ3v) is 6.86. The average molecular weight is 408 g/mol. The van der Waals surface area contributed by atoms with E-state index in [4.69, 9.17) is 5.73 Å². The van der Waals surface area contributed by atoms with Crippen molar-refractivity contribution >= 4 is 27.3 Å². The summed E-state index contributed by atoms with van der Waals surface area (Å²) in [5, 5.41) is 1.57. The minimum atomic E-state index is -3.62. The number of nitrogens with zero attached hydrogens (tertiary/aromatic N) is 2. The molecule has 2 heterocycles. The van der Waals surface area contributed by atoms with E-state index in [-0.39, 0.29) is 22.8 Å². The van der Waals surface area contributed by atoms with Crippen molar-refractivity contribution in [1.29, 1.82) is 0 Å². The Kier molecular flexibility index (Phi) is 4.92. The van der Waals surface area contributed by atoms with E-state index >= 15 is 0 Å². The molecule has 2 atom stereocenters. The highest BCUT2D eigenvalue weighted by molar-refractivity contribution is 7.92. The Balaban J connectivity index is 1.96. The van der Waals surface area contributed by atoms with Gasteiger partial charge in [-0.05, 0) is 44.2 Å². The van der Waals surface area contributed by atoms with Crippen molar-refractivity contribution < 1.29 is 22.0 Å². The second-order valence-electron chi connectivity index (χ2n) is 6.77. The van der Waals surface area contributed by atoms with Crippen LogP contribution in [-0.2, 0) is 15.4 Å². The predicted molar refractivity (Wildman–Crippen MR) is 101 cm³/mol. The summed E-state index contributed by atoms with van der Waals surface area (Å²) in [6.07, 6.45) is 0.900. The monoisotopic (exact) mass is 408 g/mol. The van der Waals surface area contributed by atoms with Gasteiger partial charge < -0.3 is 11.1 Å². The lowest BCUT2D eigenvalue weighted by atomic mass is 9.93. The zero-order valence-corrected chi connectivity index (χ0v) is 15.9. The van der Waals surface area contributed by atoms with Crippen LogP contribution in [0.3, 0.4) is 0 Å². The number of amidine groups is 1. The molecule has 0 saturated carbocycles. The van der Waals surface area contributed by atoms with Crippen molar-refractivity contribution in [2.75, 3.05) is 11.1 Å². The van der Waals surface area contributed by atoms with Crippen LogP contribution in [0.4, 0.5) is 14.5 Å². The zero-order valence-electron chi connectivity index (χ0n) is 15.1.